The maximum atomic E-state index is 11.0. The minimum atomic E-state index is -2.50. The maximum Gasteiger partial charge on any atom is 0.143 e. The molecule has 2 saturated carbocycles. The van der Waals surface area contributed by atoms with E-state index in [4.69, 9.17) is 9.47 Å². The topological polar surface area (TPSA) is 163 Å². The molecule has 5 rings (SSSR count). The summed E-state index contributed by atoms with van der Waals surface area (Å²) in [6, 6.07) is 12.6. The zero-order chi connectivity index (χ0) is 34.8. The number of phenols is 2. The first kappa shape index (κ1) is 37.5. The Balaban J connectivity index is 0.000000237. The molecule has 0 spiro atoms. The van der Waals surface area contributed by atoms with Crippen molar-refractivity contribution in [2.45, 2.75) is 97.3 Å². The summed E-state index contributed by atoms with van der Waals surface area (Å²) in [5.74, 6) is 2.55. The Morgan fingerprint density at radius 2 is 1.29 bits per heavy atom. The third-order valence-electron chi connectivity index (χ3n) is 9.54. The molecule has 4 atom stereocenters. The van der Waals surface area contributed by atoms with Crippen LogP contribution in [0.4, 0.5) is 11.4 Å². The number of nitrogens with one attached hydrogen (secondary N) is 2. The van der Waals surface area contributed by atoms with Crippen molar-refractivity contribution in [1.82, 2.24) is 0 Å². The van der Waals surface area contributed by atoms with Crippen LogP contribution in [-0.4, -0.2) is 41.0 Å². The van der Waals surface area contributed by atoms with Gasteiger partial charge in [-0.05, 0) is 116 Å². The molecule has 264 valence electrons. The lowest BCUT2D eigenvalue weighted by atomic mass is 9.75. The molecule has 0 aromatic heterocycles. The fraction of sp³-hybridized carbons (Fsp3) is 0.500. The average molecular weight is 701 g/mol. The Bertz CT molecular complexity index is 1580. The molecule has 0 saturated heterocycles. The second-order valence-corrected chi connectivity index (χ2v) is 14.3. The summed E-state index contributed by atoms with van der Waals surface area (Å²) in [7, 11) is 0. The van der Waals surface area contributed by atoms with Crippen molar-refractivity contribution in [3.8, 4) is 23.0 Å². The summed E-state index contributed by atoms with van der Waals surface area (Å²) in [4.78, 5) is 0. The summed E-state index contributed by atoms with van der Waals surface area (Å²) in [6.45, 7) is 9.01. The van der Waals surface area contributed by atoms with Crippen LogP contribution in [0.3, 0.4) is 0 Å². The van der Waals surface area contributed by atoms with Gasteiger partial charge in [0.15, 0.2) is 0 Å². The van der Waals surface area contributed by atoms with Gasteiger partial charge in [-0.15, -0.1) is 0 Å². The van der Waals surface area contributed by atoms with E-state index < -0.39 is 22.5 Å². The highest BCUT2D eigenvalue weighted by molar-refractivity contribution is 7.80. The van der Waals surface area contributed by atoms with Crippen molar-refractivity contribution in [2.75, 3.05) is 22.7 Å². The predicted octanol–water partition coefficient (Wildman–Crippen LogP) is 7.92. The van der Waals surface area contributed by atoms with Gasteiger partial charge in [0.1, 0.15) is 36.2 Å². The normalized spacial score (nSPS) is 19.4. The summed E-state index contributed by atoms with van der Waals surface area (Å²) < 4.78 is 59.7. The predicted molar refractivity (Wildman–Crippen MR) is 189 cm³/mol. The number of aryl methyl sites for hydroxylation is 3. The average Bonchev–Trinajstić information content (AvgIpc) is 3.04. The number of ether oxygens (including phenoxy) is 2. The van der Waals surface area contributed by atoms with Gasteiger partial charge in [0.2, 0.25) is 0 Å². The number of hydrogen-bond acceptors (Lipinski definition) is 8. The number of benzene rings is 3. The van der Waals surface area contributed by atoms with Crippen molar-refractivity contribution in [2.24, 2.45) is 5.92 Å². The molecular formula is C36H48N2O8S2-2. The van der Waals surface area contributed by atoms with Crippen LogP contribution in [0.2, 0.25) is 0 Å². The molecule has 0 radical (unpaired) electrons. The number of rotatable bonds is 11. The third kappa shape index (κ3) is 10.6. The van der Waals surface area contributed by atoms with Gasteiger partial charge in [0.05, 0.1) is 11.4 Å². The SMILES string of the molecule is Cc1cc(O)c(NS(=O)[O-])cc1C1CCCCC1C.Cc1ccc(OCCOc2cc(O)c(NS(=O)[O-])cc2C2CCCCC2)cc1C. The summed E-state index contributed by atoms with van der Waals surface area (Å²) >= 11 is -4.91. The van der Waals surface area contributed by atoms with Crippen LogP contribution in [0.1, 0.15) is 104 Å². The van der Waals surface area contributed by atoms with Crippen molar-refractivity contribution in [1.29, 1.82) is 0 Å². The van der Waals surface area contributed by atoms with Crippen molar-refractivity contribution in [3.05, 3.63) is 70.3 Å². The standard InChI is InChI=1S/C22H29NO5S.C14H21NO3S/c1-15-8-9-18(12-16(15)2)27-10-11-28-22-14-21(24)20(23-29(25)26)13-19(22)17-6-4-3-5-7-17;1-9-5-3-4-6-11(9)12-8-13(15-19(17)18)14(16)7-10(12)2/h8-9,12-14,17,23-24H,3-7,10-11H2,1-2H3,(H,25,26);7-9,11,15-16H,3-6H2,1-2H3,(H,17,18)/p-2. The smallest absolute Gasteiger partial charge is 0.143 e. The maximum absolute atomic E-state index is 11.0. The number of anilines is 2. The molecule has 2 aliphatic rings. The van der Waals surface area contributed by atoms with Crippen molar-refractivity contribution >= 4 is 33.9 Å². The van der Waals surface area contributed by atoms with Crippen LogP contribution < -0.4 is 18.9 Å². The van der Waals surface area contributed by atoms with Crippen LogP contribution in [0.25, 0.3) is 0 Å². The molecule has 3 aromatic carbocycles. The van der Waals surface area contributed by atoms with Gasteiger partial charge >= 0.3 is 0 Å². The number of aromatic hydroxyl groups is 2. The van der Waals surface area contributed by atoms with E-state index in [0.29, 0.717) is 36.7 Å². The molecule has 2 aliphatic carbocycles. The van der Waals surface area contributed by atoms with Crippen LogP contribution in [0.15, 0.2) is 42.5 Å². The Morgan fingerprint density at radius 3 is 1.92 bits per heavy atom. The molecule has 10 nitrogen and oxygen atoms in total. The minimum absolute atomic E-state index is 0.0195. The molecule has 0 aliphatic heterocycles. The largest absolute Gasteiger partial charge is 0.755 e. The van der Waals surface area contributed by atoms with E-state index in [1.54, 1.807) is 18.2 Å². The van der Waals surface area contributed by atoms with Crippen LogP contribution in [-0.2, 0) is 22.5 Å². The molecule has 0 heterocycles. The number of phenolic OH excluding ortho intramolecular Hbond substituents is 2. The molecule has 3 aromatic rings. The Hall–Kier alpha value is -3.32. The summed E-state index contributed by atoms with van der Waals surface area (Å²) in [5.41, 5.74) is 5.95. The van der Waals surface area contributed by atoms with E-state index in [1.165, 1.54) is 42.9 Å². The molecule has 12 heteroatoms. The lowest BCUT2D eigenvalue weighted by molar-refractivity contribution is 0.214. The second-order valence-electron chi connectivity index (χ2n) is 13.0. The molecular weight excluding hydrogens is 653 g/mol. The molecule has 0 bridgehead atoms. The van der Waals surface area contributed by atoms with Gasteiger partial charge in [0, 0.05) is 28.6 Å². The van der Waals surface area contributed by atoms with Crippen LogP contribution in [0, 0.1) is 26.7 Å². The molecule has 4 N–H and O–H groups in total. The van der Waals surface area contributed by atoms with E-state index in [9.17, 15) is 27.7 Å². The van der Waals surface area contributed by atoms with Crippen LogP contribution >= 0.6 is 0 Å². The molecule has 0 amide bonds. The Morgan fingerprint density at radius 1 is 0.708 bits per heavy atom. The second kappa shape index (κ2) is 17.9. The Kier molecular flexibility index (Phi) is 14.0. The van der Waals surface area contributed by atoms with Crippen molar-refractivity contribution in [3.63, 3.8) is 0 Å². The zero-order valence-corrected chi connectivity index (χ0v) is 29.8. The van der Waals surface area contributed by atoms with E-state index in [2.05, 4.69) is 23.3 Å². The first-order valence-electron chi connectivity index (χ1n) is 16.7. The van der Waals surface area contributed by atoms with Gasteiger partial charge < -0.3 is 38.2 Å². The quantitative estimate of drug-likeness (QED) is 0.0890. The van der Waals surface area contributed by atoms with Gasteiger partial charge in [-0.2, -0.15) is 0 Å². The van der Waals surface area contributed by atoms with Crippen molar-refractivity contribution < 1.29 is 37.2 Å². The monoisotopic (exact) mass is 700 g/mol. The fourth-order valence-corrected chi connectivity index (χ4v) is 7.47. The van der Waals surface area contributed by atoms with E-state index in [-0.39, 0.29) is 22.9 Å². The van der Waals surface area contributed by atoms with Gasteiger partial charge in [-0.1, -0.05) is 51.5 Å². The Labute approximate surface area is 289 Å². The minimum Gasteiger partial charge on any atom is -0.755 e. The van der Waals surface area contributed by atoms with E-state index in [0.717, 1.165) is 54.5 Å². The first-order chi connectivity index (χ1) is 22.9. The highest BCUT2D eigenvalue weighted by Crippen LogP contribution is 2.43. The highest BCUT2D eigenvalue weighted by atomic mass is 32.2. The van der Waals surface area contributed by atoms with Crippen LogP contribution in [0.5, 0.6) is 23.0 Å². The first-order valence-corrected chi connectivity index (χ1v) is 18.8. The zero-order valence-electron chi connectivity index (χ0n) is 28.2. The molecule has 48 heavy (non-hydrogen) atoms. The van der Waals surface area contributed by atoms with Gasteiger partial charge in [-0.3, -0.25) is 8.42 Å². The number of hydrogen-bond donors (Lipinski definition) is 4. The van der Waals surface area contributed by atoms with E-state index >= 15 is 0 Å². The summed E-state index contributed by atoms with van der Waals surface area (Å²) in [5, 5.41) is 20.0. The lowest BCUT2D eigenvalue weighted by Crippen LogP contribution is -2.16. The third-order valence-corrected chi connectivity index (χ3v) is 10.3. The molecule has 4 unspecified atom stereocenters. The highest BCUT2D eigenvalue weighted by Gasteiger charge is 2.25. The fourth-order valence-electron chi connectivity index (χ4n) is 6.79. The summed E-state index contributed by atoms with van der Waals surface area (Å²) in [6.07, 6.45) is 10.4. The van der Waals surface area contributed by atoms with E-state index in [1.807, 2.05) is 32.0 Å². The van der Waals surface area contributed by atoms with Gasteiger partial charge in [-0.25, -0.2) is 0 Å². The lowest BCUT2D eigenvalue weighted by Gasteiger charge is -2.30. The van der Waals surface area contributed by atoms with Gasteiger partial charge in [0.25, 0.3) is 0 Å². The molecule has 2 fully saturated rings.